The normalized spacial score (nSPS) is 11.4. The van der Waals surface area contributed by atoms with Gasteiger partial charge in [-0.1, -0.05) is 5.18 Å². The molecule has 0 fully saturated rings. The molecule has 0 aliphatic heterocycles. The van der Waals surface area contributed by atoms with E-state index in [0.717, 1.165) is 0 Å². The quantitative estimate of drug-likeness (QED) is 0.261. The monoisotopic (exact) mass is 173 g/mol. The minimum absolute atomic E-state index is 0.122. The van der Waals surface area contributed by atoms with Crippen LogP contribution in [-0.2, 0) is 4.74 Å². The van der Waals surface area contributed by atoms with Crippen molar-refractivity contribution in [3.63, 3.8) is 0 Å². The summed E-state index contributed by atoms with van der Waals surface area (Å²) in [5.41, 5.74) is 0. The van der Waals surface area contributed by atoms with Crippen LogP contribution in [-0.4, -0.2) is 51.6 Å². The van der Waals surface area contributed by atoms with Gasteiger partial charge >= 0.3 is 0 Å². The van der Waals surface area contributed by atoms with Gasteiger partial charge in [-0.2, -0.15) is 4.91 Å². The minimum atomic E-state index is 0.122. The number of rotatable bonds is 5. The van der Waals surface area contributed by atoms with Crippen LogP contribution in [0.1, 0.15) is 0 Å². The molecule has 5 nitrogen and oxygen atoms in total. The molecule has 0 N–H and O–H groups in total. The number of hydrogen-bond acceptors (Lipinski definition) is 4. The van der Waals surface area contributed by atoms with Crippen molar-refractivity contribution in [2.45, 2.75) is 0 Å². The lowest BCUT2D eigenvalue weighted by molar-refractivity contribution is 0.207. The van der Waals surface area contributed by atoms with Crippen molar-refractivity contribution in [2.24, 2.45) is 10.2 Å². The summed E-state index contributed by atoms with van der Waals surface area (Å²) >= 11 is 0. The van der Waals surface area contributed by atoms with E-state index in [2.05, 4.69) is 10.2 Å². The van der Waals surface area contributed by atoms with E-state index in [-0.39, 0.29) is 6.54 Å². The van der Waals surface area contributed by atoms with Gasteiger partial charge < -0.3 is 9.64 Å². The fourth-order valence-electron chi connectivity index (χ4n) is 0.657. The van der Waals surface area contributed by atoms with Crippen molar-refractivity contribution in [3.8, 4) is 0 Å². The van der Waals surface area contributed by atoms with Crippen LogP contribution in [0.15, 0.2) is 10.2 Å². The predicted molar refractivity (Wildman–Crippen MR) is 48.5 cm³/mol. The summed E-state index contributed by atoms with van der Waals surface area (Å²) in [5.74, 6) is 0.682. The zero-order valence-corrected chi connectivity index (χ0v) is 7.78. The lowest BCUT2D eigenvalue weighted by atomic mass is 10.5. The molecule has 0 heterocycles. The number of amidine groups is 1. The Balaban J connectivity index is 3.90. The van der Waals surface area contributed by atoms with E-state index in [0.29, 0.717) is 19.0 Å². The first-order valence-electron chi connectivity index (χ1n) is 3.71. The molecule has 0 radical (unpaired) electrons. The Morgan fingerprint density at radius 2 is 2.17 bits per heavy atom. The van der Waals surface area contributed by atoms with Gasteiger partial charge in [-0.15, -0.1) is 0 Å². The van der Waals surface area contributed by atoms with E-state index in [1.54, 1.807) is 12.0 Å². The molecular weight excluding hydrogens is 158 g/mol. The summed E-state index contributed by atoms with van der Waals surface area (Å²) in [6.07, 6.45) is 0. The van der Waals surface area contributed by atoms with Crippen LogP contribution in [0.5, 0.6) is 0 Å². The molecule has 5 heteroatoms. The smallest absolute Gasteiger partial charge is 0.138 e. The Bertz CT molecular complexity index is 157. The largest absolute Gasteiger partial charge is 0.383 e. The third kappa shape index (κ3) is 4.79. The van der Waals surface area contributed by atoms with E-state index < -0.39 is 0 Å². The number of methoxy groups -OCH3 is 1. The molecule has 0 saturated carbocycles. The number of aliphatic imine (C=N–C) groups is 1. The average Bonchev–Trinajstić information content (AvgIpc) is 2.03. The second-order valence-corrected chi connectivity index (χ2v) is 2.47. The number of nitroso groups, excluding NO2 is 1. The highest BCUT2D eigenvalue weighted by molar-refractivity contribution is 5.83. The number of hydrogen-bond donors (Lipinski definition) is 0. The maximum Gasteiger partial charge on any atom is 0.138 e. The molecule has 0 saturated heterocycles. The van der Waals surface area contributed by atoms with Gasteiger partial charge in [-0.3, -0.25) is 4.99 Å². The highest BCUT2D eigenvalue weighted by Crippen LogP contribution is 1.86. The van der Waals surface area contributed by atoms with E-state index in [4.69, 9.17) is 4.74 Å². The highest BCUT2D eigenvalue weighted by atomic mass is 16.5. The maximum atomic E-state index is 9.96. The summed E-state index contributed by atoms with van der Waals surface area (Å²) in [7, 11) is 5.27. The van der Waals surface area contributed by atoms with E-state index >= 15 is 0 Å². The maximum absolute atomic E-state index is 9.96. The molecule has 0 bridgehead atoms. The van der Waals surface area contributed by atoms with Crippen molar-refractivity contribution < 1.29 is 4.74 Å². The molecule has 0 aromatic carbocycles. The molecule has 70 valence electrons. The van der Waals surface area contributed by atoms with Crippen molar-refractivity contribution >= 4 is 5.84 Å². The summed E-state index contributed by atoms with van der Waals surface area (Å²) in [6, 6.07) is 0. The van der Waals surface area contributed by atoms with Gasteiger partial charge in [0.2, 0.25) is 0 Å². The molecule has 0 unspecified atom stereocenters. The van der Waals surface area contributed by atoms with E-state index in [1.165, 1.54) is 0 Å². The third-order valence-corrected chi connectivity index (χ3v) is 1.31. The van der Waals surface area contributed by atoms with Gasteiger partial charge in [0.05, 0.1) is 13.2 Å². The van der Waals surface area contributed by atoms with Crippen molar-refractivity contribution in [2.75, 3.05) is 40.9 Å². The van der Waals surface area contributed by atoms with Crippen LogP contribution < -0.4 is 0 Å². The molecular formula is C7H15N3O2. The number of nitrogens with zero attached hydrogens (tertiary/aromatic N) is 3. The number of likely N-dealkylation sites (N-methyl/N-ethyl adjacent to an activating group) is 1. The Kier molecular flexibility index (Phi) is 6.18. The molecule has 12 heavy (non-hydrogen) atoms. The second-order valence-electron chi connectivity index (χ2n) is 2.47. The first kappa shape index (κ1) is 11.0. The Morgan fingerprint density at radius 3 is 2.58 bits per heavy atom. The first-order valence-corrected chi connectivity index (χ1v) is 3.71. The van der Waals surface area contributed by atoms with Crippen LogP contribution in [0.25, 0.3) is 0 Å². The van der Waals surface area contributed by atoms with Gasteiger partial charge in [-0.25, -0.2) is 0 Å². The summed E-state index contributed by atoms with van der Waals surface area (Å²) in [4.78, 5) is 15.9. The zero-order chi connectivity index (χ0) is 9.40. The van der Waals surface area contributed by atoms with Crippen LogP contribution in [0.4, 0.5) is 0 Å². The summed E-state index contributed by atoms with van der Waals surface area (Å²) in [6.45, 7) is 1.26. The van der Waals surface area contributed by atoms with Gasteiger partial charge in [-0.05, 0) is 0 Å². The molecule has 0 amide bonds. The Hall–Kier alpha value is -0.970. The van der Waals surface area contributed by atoms with Gasteiger partial charge in [0.15, 0.2) is 0 Å². The molecule has 0 aromatic rings. The Labute approximate surface area is 72.4 Å². The summed E-state index contributed by atoms with van der Waals surface area (Å²) < 4.78 is 4.82. The van der Waals surface area contributed by atoms with Gasteiger partial charge in [0.1, 0.15) is 12.4 Å². The van der Waals surface area contributed by atoms with Crippen LogP contribution in [0, 0.1) is 4.91 Å². The summed E-state index contributed by atoms with van der Waals surface area (Å²) in [5, 5.41) is 2.77. The average molecular weight is 173 g/mol. The SMILES string of the molecule is COCCN=C(CN=O)N(C)C. The van der Waals surface area contributed by atoms with Crippen LogP contribution >= 0.6 is 0 Å². The Morgan fingerprint density at radius 1 is 1.50 bits per heavy atom. The zero-order valence-electron chi connectivity index (χ0n) is 7.78. The lowest BCUT2D eigenvalue weighted by Crippen LogP contribution is -2.25. The van der Waals surface area contributed by atoms with Gasteiger partial charge in [0, 0.05) is 21.2 Å². The van der Waals surface area contributed by atoms with E-state index in [1.807, 2.05) is 14.1 Å². The molecule has 0 rings (SSSR count). The fourth-order valence-corrected chi connectivity index (χ4v) is 0.657. The molecule has 0 aromatic heterocycles. The molecule has 0 atom stereocenters. The van der Waals surface area contributed by atoms with Crippen molar-refractivity contribution in [1.29, 1.82) is 0 Å². The van der Waals surface area contributed by atoms with Crippen molar-refractivity contribution in [3.05, 3.63) is 4.91 Å². The highest BCUT2D eigenvalue weighted by Gasteiger charge is 1.99. The third-order valence-electron chi connectivity index (χ3n) is 1.31. The van der Waals surface area contributed by atoms with Crippen molar-refractivity contribution in [1.82, 2.24) is 4.90 Å². The number of ether oxygens (including phenoxy) is 1. The standard InChI is InChI=1S/C7H15N3O2/c1-10(2)7(6-9-11)8-4-5-12-3/h4-6H2,1-3H3. The van der Waals surface area contributed by atoms with Gasteiger partial charge in [0.25, 0.3) is 0 Å². The first-order chi connectivity index (χ1) is 5.72. The van der Waals surface area contributed by atoms with Crippen LogP contribution in [0.3, 0.4) is 0 Å². The lowest BCUT2D eigenvalue weighted by Gasteiger charge is -2.12. The molecule has 0 aliphatic carbocycles. The topological polar surface area (TPSA) is 54.3 Å². The second kappa shape index (κ2) is 6.72. The molecule has 0 aliphatic rings. The fraction of sp³-hybridized carbons (Fsp3) is 0.857. The predicted octanol–water partition coefficient (Wildman–Crippen LogP) is 0.359. The van der Waals surface area contributed by atoms with E-state index in [9.17, 15) is 4.91 Å². The minimum Gasteiger partial charge on any atom is -0.383 e. The van der Waals surface area contributed by atoms with Crippen LogP contribution in [0.2, 0.25) is 0 Å². The molecule has 0 spiro atoms.